The number of hydrogen-bond acceptors (Lipinski definition) is 4. The number of sulfonamides is 1. The highest BCUT2D eigenvalue weighted by Crippen LogP contribution is 2.29. The molecular weight excluding hydrogens is 327 g/mol. The van der Waals surface area contributed by atoms with E-state index in [0.717, 1.165) is 17.9 Å². The molecule has 21 heavy (non-hydrogen) atoms. The first kappa shape index (κ1) is 17.8. The molecule has 0 fully saturated rings. The standard InChI is InChI=1S/C12H14F3NO3S2/c1-2-20-8-7-11(17)16-21(18,19)10-5-3-9(4-6-10)12(13,14)15/h3-6H,2,7-8H2,1H3,(H,16,17). The molecule has 0 heterocycles. The van der Waals surface area contributed by atoms with Crippen molar-refractivity contribution in [2.24, 2.45) is 0 Å². The molecule has 0 saturated carbocycles. The fourth-order valence-corrected chi connectivity index (χ4v) is 3.02. The summed E-state index contributed by atoms with van der Waals surface area (Å²) in [4.78, 5) is 11.1. The summed E-state index contributed by atoms with van der Waals surface area (Å²) >= 11 is 1.48. The molecule has 0 aliphatic rings. The third-order valence-electron chi connectivity index (χ3n) is 2.42. The van der Waals surface area contributed by atoms with E-state index in [2.05, 4.69) is 0 Å². The molecular formula is C12H14F3NO3S2. The number of hydrogen-bond donors (Lipinski definition) is 1. The zero-order chi connectivity index (χ0) is 16.1. The van der Waals surface area contributed by atoms with Crippen molar-refractivity contribution in [2.45, 2.75) is 24.4 Å². The summed E-state index contributed by atoms with van der Waals surface area (Å²) in [6.45, 7) is 1.90. The van der Waals surface area contributed by atoms with E-state index >= 15 is 0 Å². The summed E-state index contributed by atoms with van der Waals surface area (Å²) in [7, 11) is -4.14. The number of carbonyl (C=O) groups excluding carboxylic acids is 1. The van der Waals surface area contributed by atoms with E-state index in [1.165, 1.54) is 11.8 Å². The predicted molar refractivity (Wildman–Crippen MR) is 74.4 cm³/mol. The second-order valence-electron chi connectivity index (χ2n) is 4.00. The molecule has 0 unspecified atom stereocenters. The Morgan fingerprint density at radius 2 is 1.81 bits per heavy atom. The maximum absolute atomic E-state index is 12.4. The van der Waals surface area contributed by atoms with Crippen molar-refractivity contribution in [3.8, 4) is 0 Å². The highest BCUT2D eigenvalue weighted by atomic mass is 32.2. The Morgan fingerprint density at radius 3 is 2.29 bits per heavy atom. The van der Waals surface area contributed by atoms with Crippen LogP contribution < -0.4 is 4.72 Å². The number of thioether (sulfide) groups is 1. The van der Waals surface area contributed by atoms with Gasteiger partial charge in [0, 0.05) is 12.2 Å². The second kappa shape index (κ2) is 7.17. The lowest BCUT2D eigenvalue weighted by Gasteiger charge is -2.09. The first-order valence-electron chi connectivity index (χ1n) is 5.97. The van der Waals surface area contributed by atoms with Crippen LogP contribution in [0.5, 0.6) is 0 Å². The molecule has 1 aromatic rings. The smallest absolute Gasteiger partial charge is 0.274 e. The van der Waals surface area contributed by atoms with E-state index in [4.69, 9.17) is 0 Å². The number of benzene rings is 1. The Kier molecular flexibility index (Phi) is 6.09. The molecule has 0 aliphatic heterocycles. The number of nitrogens with one attached hydrogen (secondary N) is 1. The molecule has 0 spiro atoms. The average molecular weight is 341 g/mol. The quantitative estimate of drug-likeness (QED) is 0.808. The molecule has 0 aliphatic carbocycles. The summed E-state index contributed by atoms with van der Waals surface area (Å²) in [5.41, 5.74) is -0.952. The van der Waals surface area contributed by atoms with Crippen molar-refractivity contribution in [3.05, 3.63) is 29.8 Å². The Morgan fingerprint density at radius 1 is 1.24 bits per heavy atom. The van der Waals surface area contributed by atoms with Gasteiger partial charge in [-0.3, -0.25) is 4.79 Å². The molecule has 1 aromatic carbocycles. The van der Waals surface area contributed by atoms with Gasteiger partial charge in [-0.15, -0.1) is 0 Å². The average Bonchev–Trinajstić information content (AvgIpc) is 2.37. The van der Waals surface area contributed by atoms with Crippen LogP contribution >= 0.6 is 11.8 Å². The van der Waals surface area contributed by atoms with Gasteiger partial charge in [0.1, 0.15) is 0 Å². The van der Waals surface area contributed by atoms with Crippen LogP contribution in [0.25, 0.3) is 0 Å². The minimum atomic E-state index is -4.54. The Labute approximate surface area is 125 Å². The number of amides is 1. The number of halogens is 3. The molecule has 1 rings (SSSR count). The second-order valence-corrected chi connectivity index (χ2v) is 7.07. The van der Waals surface area contributed by atoms with Gasteiger partial charge in [0.25, 0.3) is 10.0 Å². The highest BCUT2D eigenvalue weighted by molar-refractivity contribution is 7.99. The van der Waals surface area contributed by atoms with Crippen molar-refractivity contribution in [3.63, 3.8) is 0 Å². The van der Waals surface area contributed by atoms with Gasteiger partial charge >= 0.3 is 6.18 Å². The molecule has 118 valence electrons. The molecule has 9 heteroatoms. The van der Waals surface area contributed by atoms with Crippen molar-refractivity contribution >= 4 is 27.7 Å². The van der Waals surface area contributed by atoms with Gasteiger partial charge in [0.05, 0.1) is 10.5 Å². The zero-order valence-corrected chi connectivity index (χ0v) is 12.7. The van der Waals surface area contributed by atoms with Crippen molar-refractivity contribution in [1.82, 2.24) is 4.72 Å². The molecule has 1 amide bonds. The van der Waals surface area contributed by atoms with Crippen LogP contribution in [0.3, 0.4) is 0 Å². The monoisotopic (exact) mass is 341 g/mol. The minimum absolute atomic E-state index is 0.0262. The molecule has 0 radical (unpaired) electrons. The molecule has 0 atom stereocenters. The predicted octanol–water partition coefficient (Wildman–Crippen LogP) is 2.65. The maximum atomic E-state index is 12.4. The Balaban J connectivity index is 2.77. The summed E-state index contributed by atoms with van der Waals surface area (Å²) in [5, 5.41) is 0. The van der Waals surface area contributed by atoms with Crippen molar-refractivity contribution in [2.75, 3.05) is 11.5 Å². The number of alkyl halides is 3. The third-order valence-corrected chi connectivity index (χ3v) is 4.71. The molecule has 0 aromatic heterocycles. The van der Waals surface area contributed by atoms with Gasteiger partial charge in [-0.25, -0.2) is 13.1 Å². The van der Waals surface area contributed by atoms with Crippen LogP contribution in [-0.4, -0.2) is 25.8 Å². The maximum Gasteiger partial charge on any atom is 0.416 e. The van der Waals surface area contributed by atoms with Crippen LogP contribution in [0, 0.1) is 0 Å². The van der Waals surface area contributed by atoms with E-state index < -0.39 is 27.7 Å². The Hall–Kier alpha value is -1.22. The van der Waals surface area contributed by atoms with Gasteiger partial charge in [0.2, 0.25) is 5.91 Å². The molecule has 4 nitrogen and oxygen atoms in total. The lowest BCUT2D eigenvalue weighted by Crippen LogP contribution is -2.30. The summed E-state index contributed by atoms with van der Waals surface area (Å²) < 4.78 is 62.6. The SMILES string of the molecule is CCSCCC(=O)NS(=O)(=O)c1ccc(C(F)(F)F)cc1. The minimum Gasteiger partial charge on any atom is -0.274 e. The van der Waals surface area contributed by atoms with Crippen LogP contribution in [0.15, 0.2) is 29.2 Å². The lowest BCUT2D eigenvalue weighted by molar-refractivity contribution is -0.137. The molecule has 0 bridgehead atoms. The summed E-state index contributed by atoms with van der Waals surface area (Å²) in [5.74, 6) is 0.597. The third kappa shape index (κ3) is 5.58. The zero-order valence-electron chi connectivity index (χ0n) is 11.1. The van der Waals surface area contributed by atoms with Gasteiger partial charge in [-0.05, 0) is 30.0 Å². The number of rotatable bonds is 6. The van der Waals surface area contributed by atoms with Crippen molar-refractivity contribution < 1.29 is 26.4 Å². The van der Waals surface area contributed by atoms with E-state index in [-0.39, 0.29) is 11.3 Å². The van der Waals surface area contributed by atoms with E-state index in [0.29, 0.717) is 17.9 Å². The lowest BCUT2D eigenvalue weighted by atomic mass is 10.2. The van der Waals surface area contributed by atoms with Gasteiger partial charge in [-0.2, -0.15) is 24.9 Å². The summed E-state index contributed by atoms with van der Waals surface area (Å²) in [6.07, 6.45) is -4.51. The summed E-state index contributed by atoms with van der Waals surface area (Å²) in [6, 6.07) is 2.95. The Bertz CT molecular complexity index is 583. The van der Waals surface area contributed by atoms with Crippen LogP contribution in [-0.2, 0) is 21.0 Å². The molecule has 0 saturated heterocycles. The first-order chi connectivity index (χ1) is 9.66. The normalized spacial score (nSPS) is 12.2. The fraction of sp³-hybridized carbons (Fsp3) is 0.417. The van der Waals surface area contributed by atoms with E-state index in [9.17, 15) is 26.4 Å². The van der Waals surface area contributed by atoms with Crippen LogP contribution in [0.1, 0.15) is 18.9 Å². The van der Waals surface area contributed by atoms with E-state index in [1.54, 1.807) is 0 Å². The molecule has 1 N–H and O–H groups in total. The van der Waals surface area contributed by atoms with Crippen LogP contribution in [0.2, 0.25) is 0 Å². The van der Waals surface area contributed by atoms with E-state index in [1.807, 2.05) is 11.6 Å². The number of carbonyl (C=O) groups is 1. The van der Waals surface area contributed by atoms with Crippen LogP contribution in [0.4, 0.5) is 13.2 Å². The largest absolute Gasteiger partial charge is 0.416 e. The highest BCUT2D eigenvalue weighted by Gasteiger charge is 2.30. The fourth-order valence-electron chi connectivity index (χ4n) is 1.39. The van der Waals surface area contributed by atoms with Gasteiger partial charge in [0.15, 0.2) is 0 Å². The van der Waals surface area contributed by atoms with Crippen molar-refractivity contribution in [1.29, 1.82) is 0 Å². The van der Waals surface area contributed by atoms with Gasteiger partial charge in [-0.1, -0.05) is 6.92 Å². The van der Waals surface area contributed by atoms with Gasteiger partial charge < -0.3 is 0 Å². The topological polar surface area (TPSA) is 63.2 Å². The first-order valence-corrected chi connectivity index (χ1v) is 8.61.